The molecule has 0 fully saturated rings. The van der Waals surface area contributed by atoms with Crippen LogP contribution in [0.25, 0.3) is 0 Å². The molecule has 0 saturated heterocycles. The molecule has 2 N–H and O–H groups in total. The number of alkyl halides is 10. The summed E-state index contributed by atoms with van der Waals surface area (Å²) in [6.45, 7) is 0. The van der Waals surface area contributed by atoms with Gasteiger partial charge in [0.2, 0.25) is 0 Å². The largest absolute Gasteiger partial charge is 0.446 e. The van der Waals surface area contributed by atoms with Gasteiger partial charge in [-0.05, 0) is 58.6 Å². The molecule has 0 atom stereocenters. The normalized spacial score (nSPS) is 13.1. The minimum absolute atomic E-state index is 0.00202. The molecule has 0 aromatic heterocycles. The second kappa shape index (κ2) is 9.58. The van der Waals surface area contributed by atoms with Gasteiger partial charge in [0, 0.05) is 21.1 Å². The molecule has 0 aliphatic carbocycles. The molecule has 34 heavy (non-hydrogen) atoms. The molecular formula is C18H10F11IN2OS. The maximum Gasteiger partial charge on any atom is 0.446 e. The molecule has 0 aliphatic heterocycles. The number of benzene rings is 2. The molecule has 16 heteroatoms. The van der Waals surface area contributed by atoms with E-state index in [0.717, 1.165) is 28.7 Å². The smallest absolute Gasteiger partial charge is 0.386 e. The highest BCUT2D eigenvalue weighted by molar-refractivity contribution is 14.1. The van der Waals surface area contributed by atoms with Crippen LogP contribution in [0.15, 0.2) is 35.2 Å². The van der Waals surface area contributed by atoms with E-state index in [1.807, 2.05) is 5.32 Å². The Hall–Kier alpha value is -1.98. The molecule has 0 bridgehead atoms. The van der Waals surface area contributed by atoms with Crippen molar-refractivity contribution >= 4 is 51.6 Å². The lowest BCUT2D eigenvalue weighted by atomic mass is 9.94. The van der Waals surface area contributed by atoms with Crippen molar-refractivity contribution in [3.05, 3.63) is 50.8 Å². The van der Waals surface area contributed by atoms with E-state index < -0.39 is 72.3 Å². The van der Waals surface area contributed by atoms with Crippen LogP contribution in [-0.4, -0.2) is 30.8 Å². The molecule has 0 radical (unpaired) electrons. The van der Waals surface area contributed by atoms with Gasteiger partial charge in [0.1, 0.15) is 0 Å². The van der Waals surface area contributed by atoms with Gasteiger partial charge >= 0.3 is 23.5 Å². The third-order valence-electron chi connectivity index (χ3n) is 4.21. The molecular weight excluding hydrogens is 628 g/mol. The van der Waals surface area contributed by atoms with Crippen LogP contribution in [0.2, 0.25) is 0 Å². The van der Waals surface area contributed by atoms with Gasteiger partial charge in [0.15, 0.2) is 5.82 Å². The number of halogens is 12. The molecule has 2 rings (SSSR count). The highest BCUT2D eigenvalue weighted by Crippen LogP contribution is 2.55. The van der Waals surface area contributed by atoms with E-state index in [-0.39, 0.29) is 17.8 Å². The fourth-order valence-corrected chi connectivity index (χ4v) is 4.32. The summed E-state index contributed by atoms with van der Waals surface area (Å²) in [6.07, 6.45) is -13.1. The molecule has 0 saturated carbocycles. The highest BCUT2D eigenvalue weighted by Gasteiger charge is 2.73. The highest BCUT2D eigenvalue weighted by atomic mass is 127. The number of hydrogen-bond acceptors (Lipinski definition) is 3. The third kappa shape index (κ3) is 5.63. The monoisotopic (exact) mass is 638 g/mol. The Morgan fingerprint density at radius 1 is 0.941 bits per heavy atom. The Bertz CT molecular complexity index is 1070. The van der Waals surface area contributed by atoms with Gasteiger partial charge in [0.25, 0.3) is 5.91 Å². The van der Waals surface area contributed by atoms with E-state index in [1.54, 1.807) is 0 Å². The lowest BCUT2D eigenvalue weighted by Gasteiger charge is -2.31. The number of amides is 1. The van der Waals surface area contributed by atoms with Crippen LogP contribution in [-0.2, 0) is 5.67 Å². The summed E-state index contributed by atoms with van der Waals surface area (Å²) in [5.74, 6) is -2.49. The van der Waals surface area contributed by atoms with Gasteiger partial charge in [-0.2, -0.15) is 39.5 Å². The van der Waals surface area contributed by atoms with E-state index in [9.17, 15) is 53.1 Å². The van der Waals surface area contributed by atoms with E-state index in [2.05, 4.69) is 5.32 Å². The molecule has 0 heterocycles. The van der Waals surface area contributed by atoms with Crippen molar-refractivity contribution in [3.63, 3.8) is 0 Å². The molecule has 0 unspecified atom stereocenters. The number of anilines is 2. The molecule has 2 aromatic rings. The van der Waals surface area contributed by atoms with Gasteiger partial charge in [-0.15, -0.1) is 0 Å². The second-order valence-electron chi connectivity index (χ2n) is 6.40. The van der Waals surface area contributed by atoms with E-state index in [0.29, 0.717) is 0 Å². The van der Waals surface area contributed by atoms with Gasteiger partial charge in [0.05, 0.1) is 16.9 Å². The average Bonchev–Trinajstić information content (AvgIpc) is 2.66. The maximum atomic E-state index is 14.4. The predicted molar refractivity (Wildman–Crippen MR) is 110 cm³/mol. The zero-order valence-electron chi connectivity index (χ0n) is 16.2. The van der Waals surface area contributed by atoms with Gasteiger partial charge in [-0.25, -0.2) is 8.78 Å². The van der Waals surface area contributed by atoms with Crippen molar-refractivity contribution in [1.29, 1.82) is 0 Å². The number of carbonyl (C=O) groups is 1. The number of hydrogen-bond donors (Lipinski definition) is 2. The zero-order valence-corrected chi connectivity index (χ0v) is 19.2. The summed E-state index contributed by atoms with van der Waals surface area (Å²) in [7, 11) is 1.30. The Labute approximate surface area is 201 Å². The van der Waals surface area contributed by atoms with Crippen molar-refractivity contribution in [2.75, 3.05) is 17.7 Å². The summed E-state index contributed by atoms with van der Waals surface area (Å²) in [4.78, 5) is 11.1. The van der Waals surface area contributed by atoms with Gasteiger partial charge in [-0.1, -0.05) is 6.07 Å². The summed E-state index contributed by atoms with van der Waals surface area (Å²) in [5.41, 5.74) is -15.2. The van der Waals surface area contributed by atoms with Crippen molar-refractivity contribution in [1.82, 2.24) is 0 Å². The Balaban J connectivity index is 2.70. The van der Waals surface area contributed by atoms with Crippen LogP contribution in [0.4, 0.5) is 59.7 Å². The van der Waals surface area contributed by atoms with Gasteiger partial charge in [-0.3, -0.25) is 4.79 Å². The topological polar surface area (TPSA) is 41.1 Å². The quantitative estimate of drug-likeness (QED) is 0.201. The maximum absolute atomic E-state index is 14.4. The summed E-state index contributed by atoms with van der Waals surface area (Å²) in [6, 6.07) is 3.04. The number of rotatable bonds is 5. The summed E-state index contributed by atoms with van der Waals surface area (Å²) < 4.78 is 146. The van der Waals surface area contributed by atoms with Crippen molar-refractivity contribution < 1.29 is 53.1 Å². The molecule has 3 nitrogen and oxygen atoms in total. The van der Waals surface area contributed by atoms with E-state index in [4.69, 9.17) is 0 Å². The van der Waals surface area contributed by atoms with E-state index >= 15 is 0 Å². The average molecular weight is 638 g/mol. The first-order valence-corrected chi connectivity index (χ1v) is 10.4. The molecule has 0 spiro atoms. The van der Waals surface area contributed by atoms with Gasteiger partial charge < -0.3 is 10.6 Å². The fourth-order valence-electron chi connectivity index (χ4n) is 2.68. The molecule has 2 aromatic carbocycles. The molecule has 1 amide bonds. The minimum Gasteiger partial charge on any atom is -0.386 e. The van der Waals surface area contributed by atoms with Crippen LogP contribution < -0.4 is 10.6 Å². The zero-order chi connectivity index (χ0) is 26.3. The fraction of sp³-hybridized carbons (Fsp3) is 0.278. The Kier molecular flexibility index (Phi) is 7.96. The standard InChI is InChI=1S/C18H10F11IN2OS/c1-31-10-4-2-3-8(12(10)19)14(33)32-13-9(30)5-7(6-11(13)34-18(27,28)29)15(20,16(21,22)23)17(24,25)26/h2-6,31H,1H3,(H,32,33). The minimum atomic E-state index is -6.57. The molecule has 0 aliphatic rings. The first-order chi connectivity index (χ1) is 15.3. The summed E-state index contributed by atoms with van der Waals surface area (Å²) in [5, 5.41) is 4.24. The first kappa shape index (κ1) is 28.3. The van der Waals surface area contributed by atoms with Crippen LogP contribution in [0.1, 0.15) is 15.9 Å². The van der Waals surface area contributed by atoms with Crippen LogP contribution in [0.5, 0.6) is 0 Å². The predicted octanol–water partition coefficient (Wildman–Crippen LogP) is 7.63. The third-order valence-corrected chi connectivity index (χ3v) is 5.83. The first-order valence-electron chi connectivity index (χ1n) is 8.53. The molecule has 188 valence electrons. The second-order valence-corrected chi connectivity index (χ2v) is 8.67. The SMILES string of the molecule is CNc1cccc(C(=O)Nc2c(I)cc(C(F)(C(F)(F)F)C(F)(F)F)cc2SC(F)(F)F)c1F. The van der Waals surface area contributed by atoms with E-state index in [1.165, 1.54) is 19.2 Å². The number of carbonyl (C=O) groups excluding carboxylic acids is 1. The van der Waals surface area contributed by atoms with Crippen LogP contribution >= 0.6 is 34.4 Å². The van der Waals surface area contributed by atoms with Crippen molar-refractivity contribution in [3.8, 4) is 0 Å². The number of thioether (sulfide) groups is 1. The Morgan fingerprint density at radius 2 is 1.50 bits per heavy atom. The van der Waals surface area contributed by atoms with Crippen molar-refractivity contribution in [2.45, 2.75) is 28.4 Å². The van der Waals surface area contributed by atoms with Crippen LogP contribution in [0.3, 0.4) is 0 Å². The Morgan fingerprint density at radius 3 is 1.97 bits per heavy atom. The van der Waals surface area contributed by atoms with Crippen LogP contribution in [0, 0.1) is 9.39 Å². The summed E-state index contributed by atoms with van der Waals surface area (Å²) >= 11 is -0.153. The number of nitrogens with one attached hydrogen (secondary N) is 2. The lowest BCUT2D eigenvalue weighted by Crippen LogP contribution is -2.50. The van der Waals surface area contributed by atoms with Crippen molar-refractivity contribution in [2.24, 2.45) is 0 Å². The lowest BCUT2D eigenvalue weighted by molar-refractivity contribution is -0.348.